The van der Waals surface area contributed by atoms with Gasteiger partial charge in [-0.25, -0.2) is 0 Å². The smallest absolute Gasteiger partial charge is 0.180 e. The topological polar surface area (TPSA) is 43.4 Å². The van der Waals surface area contributed by atoms with Crippen LogP contribution in [0.4, 0.5) is 0 Å². The van der Waals surface area contributed by atoms with Crippen LogP contribution in [0.5, 0.6) is 11.5 Å². The van der Waals surface area contributed by atoms with E-state index in [2.05, 4.69) is 10.3 Å². The number of benzene rings is 2. The first-order valence-electron chi connectivity index (χ1n) is 9.07. The van der Waals surface area contributed by atoms with Gasteiger partial charge in [0.1, 0.15) is 6.61 Å². The van der Waals surface area contributed by atoms with E-state index in [4.69, 9.17) is 32.7 Å². The summed E-state index contributed by atoms with van der Waals surface area (Å²) >= 11 is 12.4. The Bertz CT molecular complexity index is 891. The number of rotatable bonds is 9. The van der Waals surface area contributed by atoms with Gasteiger partial charge in [-0.3, -0.25) is 4.98 Å². The van der Waals surface area contributed by atoms with Crippen molar-refractivity contribution in [2.45, 2.75) is 26.6 Å². The van der Waals surface area contributed by atoms with E-state index in [9.17, 15) is 0 Å². The van der Waals surface area contributed by atoms with Crippen LogP contribution in [0.2, 0.25) is 10.0 Å². The van der Waals surface area contributed by atoms with Crippen LogP contribution in [0.25, 0.3) is 0 Å². The molecule has 0 aliphatic carbocycles. The van der Waals surface area contributed by atoms with Crippen LogP contribution in [0.15, 0.2) is 60.9 Å². The number of aromatic nitrogens is 1. The van der Waals surface area contributed by atoms with Gasteiger partial charge < -0.3 is 27.2 Å². The quantitative estimate of drug-likeness (QED) is 0.542. The zero-order valence-corrected chi connectivity index (χ0v) is 18.3. The third-order valence-corrected chi connectivity index (χ3v) is 4.58. The molecule has 3 rings (SSSR count). The molecule has 0 radical (unpaired) electrons. The first kappa shape index (κ1) is 23.3. The zero-order chi connectivity index (χ0) is 19.8. The fourth-order valence-electron chi connectivity index (χ4n) is 2.72. The molecule has 2 aromatic carbocycles. The molecule has 0 saturated heterocycles. The molecule has 0 saturated carbocycles. The summed E-state index contributed by atoms with van der Waals surface area (Å²) in [6.45, 7) is 4.23. The van der Waals surface area contributed by atoms with E-state index in [1.807, 2.05) is 61.7 Å². The van der Waals surface area contributed by atoms with Crippen LogP contribution >= 0.6 is 23.2 Å². The van der Waals surface area contributed by atoms with Crippen molar-refractivity contribution in [3.63, 3.8) is 0 Å². The van der Waals surface area contributed by atoms with Gasteiger partial charge in [0.2, 0.25) is 0 Å². The average Bonchev–Trinajstić information content (AvgIpc) is 2.70. The van der Waals surface area contributed by atoms with Crippen molar-refractivity contribution < 1.29 is 21.9 Å². The Kier molecular flexibility index (Phi) is 9.55. The Morgan fingerprint density at radius 3 is 2.38 bits per heavy atom. The van der Waals surface area contributed by atoms with Crippen molar-refractivity contribution in [1.29, 1.82) is 0 Å². The maximum absolute atomic E-state index is 6.49. The van der Waals surface area contributed by atoms with E-state index in [-0.39, 0.29) is 12.4 Å². The van der Waals surface area contributed by atoms with E-state index < -0.39 is 0 Å². The molecule has 0 aliphatic heterocycles. The van der Waals surface area contributed by atoms with Gasteiger partial charge in [0.15, 0.2) is 11.5 Å². The number of halogens is 3. The predicted octanol–water partition coefficient (Wildman–Crippen LogP) is 2.66. The third-order valence-electron chi connectivity index (χ3n) is 4.05. The van der Waals surface area contributed by atoms with Crippen molar-refractivity contribution in [2.75, 3.05) is 6.61 Å². The monoisotopic (exact) mass is 451 g/mol. The molecule has 0 unspecified atom stereocenters. The predicted molar refractivity (Wildman–Crippen MR) is 113 cm³/mol. The Hall–Kier alpha value is -1.98. The number of pyridine rings is 1. The molecule has 0 atom stereocenters. The summed E-state index contributed by atoms with van der Waals surface area (Å²) in [7, 11) is 0. The summed E-state index contributed by atoms with van der Waals surface area (Å²) in [5.41, 5.74) is 3.16. The fraction of sp³-hybridized carbons (Fsp3) is 0.227. The second-order valence-electron chi connectivity index (χ2n) is 6.22. The SMILES string of the molecule is CCOc1cc(CNCc2cccnc2)cc(Cl)c1OCc1ccc(Cl)cc1.[Cl-]. The van der Waals surface area contributed by atoms with Crippen LogP contribution in [0, 0.1) is 0 Å². The van der Waals surface area contributed by atoms with Crippen molar-refractivity contribution >= 4 is 23.2 Å². The molecule has 154 valence electrons. The number of nitrogens with zero attached hydrogens (tertiary/aromatic N) is 1. The molecular weight excluding hydrogens is 431 g/mol. The van der Waals surface area contributed by atoms with Crippen LogP contribution in [0.3, 0.4) is 0 Å². The van der Waals surface area contributed by atoms with Gasteiger partial charge in [-0.1, -0.05) is 41.4 Å². The van der Waals surface area contributed by atoms with Crippen LogP contribution in [-0.2, 0) is 19.7 Å². The summed E-state index contributed by atoms with van der Waals surface area (Å²) in [6, 6.07) is 15.3. The highest BCUT2D eigenvalue weighted by Gasteiger charge is 2.13. The molecule has 0 bridgehead atoms. The molecule has 7 heteroatoms. The molecule has 0 amide bonds. The van der Waals surface area contributed by atoms with Crippen molar-refractivity contribution in [3.05, 3.63) is 87.7 Å². The molecule has 29 heavy (non-hydrogen) atoms. The highest BCUT2D eigenvalue weighted by atomic mass is 35.5. The maximum Gasteiger partial charge on any atom is 0.180 e. The number of hydrogen-bond acceptors (Lipinski definition) is 4. The van der Waals surface area contributed by atoms with Crippen molar-refractivity contribution in [3.8, 4) is 11.5 Å². The van der Waals surface area contributed by atoms with Crippen molar-refractivity contribution in [1.82, 2.24) is 10.3 Å². The Morgan fingerprint density at radius 1 is 0.931 bits per heavy atom. The van der Waals surface area contributed by atoms with E-state index in [1.165, 1.54) is 0 Å². The Labute approximate surface area is 187 Å². The van der Waals surface area contributed by atoms with E-state index in [0.29, 0.717) is 41.3 Å². The lowest BCUT2D eigenvalue weighted by molar-refractivity contribution is -0.00000633. The Balaban J connectivity index is 0.00000300. The number of nitrogens with one attached hydrogen (secondary N) is 1. The first-order valence-corrected chi connectivity index (χ1v) is 9.83. The molecule has 0 aliphatic rings. The van der Waals surface area contributed by atoms with E-state index in [0.717, 1.165) is 23.2 Å². The standard InChI is InChI=1S/C22H22Cl2N2O2.ClH/c1-2-27-21-11-18(14-26-13-17-4-3-9-25-12-17)10-20(24)22(21)28-15-16-5-7-19(23)8-6-16;/h3-12,26H,2,13-15H2,1H3;1H/p-1. The highest BCUT2D eigenvalue weighted by molar-refractivity contribution is 6.32. The molecule has 1 heterocycles. The minimum atomic E-state index is 0. The van der Waals surface area contributed by atoms with Crippen LogP contribution in [0.1, 0.15) is 23.6 Å². The lowest BCUT2D eigenvalue weighted by atomic mass is 10.2. The first-order chi connectivity index (χ1) is 13.7. The van der Waals surface area contributed by atoms with Crippen LogP contribution < -0.4 is 27.2 Å². The number of hydrogen-bond donors (Lipinski definition) is 1. The third kappa shape index (κ3) is 7.09. The molecule has 0 fully saturated rings. The number of ether oxygens (including phenoxy) is 2. The largest absolute Gasteiger partial charge is 1.00 e. The minimum absolute atomic E-state index is 0. The molecule has 3 aromatic rings. The normalized spacial score (nSPS) is 10.3. The molecule has 4 nitrogen and oxygen atoms in total. The summed E-state index contributed by atoms with van der Waals surface area (Å²) in [5, 5.41) is 4.61. The zero-order valence-electron chi connectivity index (χ0n) is 16.0. The summed E-state index contributed by atoms with van der Waals surface area (Å²) < 4.78 is 11.7. The lowest BCUT2D eigenvalue weighted by Crippen LogP contribution is -3.00. The van der Waals surface area contributed by atoms with Gasteiger partial charge in [0.25, 0.3) is 0 Å². The van der Waals surface area contributed by atoms with Crippen molar-refractivity contribution in [2.24, 2.45) is 0 Å². The average molecular weight is 453 g/mol. The highest BCUT2D eigenvalue weighted by Crippen LogP contribution is 2.37. The van der Waals surface area contributed by atoms with E-state index in [1.54, 1.807) is 6.20 Å². The second-order valence-corrected chi connectivity index (χ2v) is 7.06. The summed E-state index contributed by atoms with van der Waals surface area (Å²) in [4.78, 5) is 4.12. The second kappa shape index (κ2) is 11.9. The summed E-state index contributed by atoms with van der Waals surface area (Å²) in [5.74, 6) is 1.19. The molecule has 1 N–H and O–H groups in total. The summed E-state index contributed by atoms with van der Waals surface area (Å²) in [6.07, 6.45) is 3.61. The van der Waals surface area contributed by atoms with E-state index >= 15 is 0 Å². The fourth-order valence-corrected chi connectivity index (χ4v) is 3.13. The van der Waals surface area contributed by atoms with Gasteiger partial charge in [0, 0.05) is 30.5 Å². The molecule has 1 aromatic heterocycles. The van der Waals surface area contributed by atoms with Gasteiger partial charge in [0.05, 0.1) is 11.6 Å². The van der Waals surface area contributed by atoms with Gasteiger partial charge in [-0.05, 0) is 53.9 Å². The van der Waals surface area contributed by atoms with Gasteiger partial charge >= 0.3 is 0 Å². The maximum atomic E-state index is 6.49. The molecule has 0 spiro atoms. The minimum Gasteiger partial charge on any atom is -1.00 e. The Morgan fingerprint density at radius 2 is 1.69 bits per heavy atom. The van der Waals surface area contributed by atoms with Crippen LogP contribution in [-0.4, -0.2) is 11.6 Å². The van der Waals surface area contributed by atoms with Gasteiger partial charge in [-0.2, -0.15) is 0 Å². The molecular formula is C22H22Cl3N2O2-. The van der Waals surface area contributed by atoms with Gasteiger partial charge in [-0.15, -0.1) is 0 Å². The lowest BCUT2D eigenvalue weighted by Gasteiger charge is -2.16.